The van der Waals surface area contributed by atoms with Crippen molar-refractivity contribution in [2.45, 2.75) is 25.5 Å². The van der Waals surface area contributed by atoms with E-state index in [9.17, 15) is 13.2 Å². The molecule has 0 N–H and O–H groups in total. The molecule has 6 heteroatoms. The first-order chi connectivity index (χ1) is 10.4. The van der Waals surface area contributed by atoms with Crippen molar-refractivity contribution < 1.29 is 17.9 Å². The quantitative estimate of drug-likeness (QED) is 0.697. The predicted octanol–water partition coefficient (Wildman–Crippen LogP) is 2.12. The van der Waals surface area contributed by atoms with Crippen LogP contribution in [0.2, 0.25) is 0 Å². The van der Waals surface area contributed by atoms with Crippen molar-refractivity contribution in [3.63, 3.8) is 0 Å². The van der Waals surface area contributed by atoms with E-state index in [1.807, 2.05) is 0 Å². The first-order valence-electron chi connectivity index (χ1n) is 7.42. The van der Waals surface area contributed by atoms with Gasteiger partial charge < -0.3 is 9.64 Å². The summed E-state index contributed by atoms with van der Waals surface area (Å²) in [4.78, 5) is 14.4. The minimum atomic E-state index is -3.11. The van der Waals surface area contributed by atoms with Gasteiger partial charge in [-0.2, -0.15) is 0 Å². The lowest BCUT2D eigenvalue weighted by Gasteiger charge is -2.22. The summed E-state index contributed by atoms with van der Waals surface area (Å²) in [5.41, 5.74) is 1.16. The van der Waals surface area contributed by atoms with Gasteiger partial charge in [-0.15, -0.1) is 0 Å². The molecule has 0 atom stereocenters. The molecule has 5 nitrogen and oxygen atoms in total. The second-order valence-electron chi connectivity index (χ2n) is 5.41. The summed E-state index contributed by atoms with van der Waals surface area (Å²) < 4.78 is 27.8. The van der Waals surface area contributed by atoms with Crippen LogP contribution in [0.15, 0.2) is 24.3 Å². The number of amides is 1. The molecule has 1 aromatic carbocycles. The van der Waals surface area contributed by atoms with Crippen LogP contribution >= 0.6 is 0 Å². The van der Waals surface area contributed by atoms with Crippen molar-refractivity contribution in [3.05, 3.63) is 35.4 Å². The van der Waals surface area contributed by atoms with Crippen molar-refractivity contribution in [1.82, 2.24) is 4.90 Å². The summed E-state index contributed by atoms with van der Waals surface area (Å²) in [5, 5.41) is 0. The third-order valence-electron chi connectivity index (χ3n) is 3.24. The topological polar surface area (TPSA) is 63.7 Å². The van der Waals surface area contributed by atoms with Gasteiger partial charge in [-0.3, -0.25) is 4.79 Å². The molecule has 22 heavy (non-hydrogen) atoms. The van der Waals surface area contributed by atoms with E-state index in [2.05, 4.69) is 6.92 Å². The van der Waals surface area contributed by atoms with Gasteiger partial charge in [-0.1, -0.05) is 25.5 Å². The fourth-order valence-corrected chi connectivity index (χ4v) is 2.93. The zero-order chi connectivity index (χ0) is 16.6. The molecule has 0 saturated heterocycles. The van der Waals surface area contributed by atoms with E-state index in [1.54, 1.807) is 36.3 Å². The van der Waals surface area contributed by atoms with Gasteiger partial charge >= 0.3 is 0 Å². The van der Waals surface area contributed by atoms with E-state index in [0.29, 0.717) is 30.8 Å². The fraction of sp³-hybridized carbons (Fsp3) is 0.562. The molecule has 1 rings (SSSR count). The molecule has 1 amide bonds. The van der Waals surface area contributed by atoms with E-state index in [0.717, 1.165) is 12.8 Å². The maximum Gasteiger partial charge on any atom is 0.253 e. The number of hydrogen-bond acceptors (Lipinski definition) is 4. The van der Waals surface area contributed by atoms with Crippen LogP contribution in [0.3, 0.4) is 0 Å². The number of ether oxygens (including phenoxy) is 1. The molecule has 0 aliphatic carbocycles. The highest BCUT2D eigenvalue weighted by molar-refractivity contribution is 7.89. The molecule has 0 aliphatic rings. The Labute approximate surface area is 133 Å². The van der Waals surface area contributed by atoms with E-state index >= 15 is 0 Å². The average Bonchev–Trinajstić information content (AvgIpc) is 2.45. The zero-order valence-corrected chi connectivity index (χ0v) is 14.4. The summed E-state index contributed by atoms with van der Waals surface area (Å²) in [7, 11) is -1.51. The SMILES string of the molecule is CCCCN(CCOC)C(=O)c1cccc(CS(C)(=O)=O)c1. The summed E-state index contributed by atoms with van der Waals surface area (Å²) in [5.74, 6) is -0.137. The number of rotatable bonds is 9. The van der Waals surface area contributed by atoms with Crippen LogP contribution in [0.1, 0.15) is 35.7 Å². The van der Waals surface area contributed by atoms with E-state index in [1.165, 1.54) is 6.26 Å². The summed E-state index contributed by atoms with van der Waals surface area (Å²) in [6.07, 6.45) is 3.12. The monoisotopic (exact) mass is 327 g/mol. The number of benzene rings is 1. The smallest absolute Gasteiger partial charge is 0.253 e. The minimum Gasteiger partial charge on any atom is -0.383 e. The first kappa shape index (κ1) is 18.6. The number of sulfone groups is 1. The maximum atomic E-state index is 12.6. The van der Waals surface area contributed by atoms with Gasteiger partial charge in [0.1, 0.15) is 0 Å². The van der Waals surface area contributed by atoms with Crippen molar-refractivity contribution in [2.24, 2.45) is 0 Å². The minimum absolute atomic E-state index is 0.0544. The van der Waals surface area contributed by atoms with Gasteiger partial charge in [-0.05, 0) is 24.1 Å². The van der Waals surface area contributed by atoms with Crippen LogP contribution in [0.25, 0.3) is 0 Å². The molecule has 0 spiro atoms. The molecule has 0 heterocycles. The second kappa shape index (κ2) is 8.90. The van der Waals surface area contributed by atoms with Crippen molar-refractivity contribution >= 4 is 15.7 Å². The Morgan fingerprint density at radius 3 is 2.59 bits per heavy atom. The summed E-state index contributed by atoms with van der Waals surface area (Å²) >= 11 is 0. The standard InChI is InChI=1S/C16H25NO4S/c1-4-5-9-17(10-11-21-2)16(18)15-8-6-7-14(12-15)13-22(3,19)20/h6-8,12H,4-5,9-11,13H2,1-3H3. The largest absolute Gasteiger partial charge is 0.383 e. The Morgan fingerprint density at radius 1 is 1.27 bits per heavy atom. The van der Waals surface area contributed by atoms with Gasteiger partial charge in [0.25, 0.3) is 5.91 Å². The second-order valence-corrected chi connectivity index (χ2v) is 7.55. The fourth-order valence-electron chi connectivity index (χ4n) is 2.14. The van der Waals surface area contributed by atoms with Gasteiger partial charge in [0.2, 0.25) is 0 Å². The van der Waals surface area contributed by atoms with Crippen LogP contribution in [-0.4, -0.2) is 52.3 Å². The average molecular weight is 327 g/mol. The number of hydrogen-bond donors (Lipinski definition) is 0. The number of carbonyl (C=O) groups is 1. The van der Waals surface area contributed by atoms with Crippen molar-refractivity contribution in [2.75, 3.05) is 33.1 Å². The molecule has 0 bridgehead atoms. The number of carbonyl (C=O) groups excluding carboxylic acids is 1. The Kier molecular flexibility index (Phi) is 7.55. The lowest BCUT2D eigenvalue weighted by atomic mass is 10.1. The van der Waals surface area contributed by atoms with E-state index in [-0.39, 0.29) is 11.7 Å². The zero-order valence-electron chi connectivity index (χ0n) is 13.5. The maximum absolute atomic E-state index is 12.6. The van der Waals surface area contributed by atoms with Crippen LogP contribution < -0.4 is 0 Å². The third kappa shape index (κ3) is 6.58. The molecule has 0 saturated carbocycles. The first-order valence-corrected chi connectivity index (χ1v) is 9.48. The van der Waals surface area contributed by atoms with Crippen LogP contribution in [0, 0.1) is 0 Å². The molecule has 0 unspecified atom stereocenters. The predicted molar refractivity (Wildman–Crippen MR) is 87.7 cm³/mol. The van der Waals surface area contributed by atoms with Crippen LogP contribution in [-0.2, 0) is 20.3 Å². The van der Waals surface area contributed by atoms with Crippen molar-refractivity contribution in [1.29, 1.82) is 0 Å². The van der Waals surface area contributed by atoms with Crippen molar-refractivity contribution in [3.8, 4) is 0 Å². The van der Waals surface area contributed by atoms with E-state index < -0.39 is 9.84 Å². The van der Waals surface area contributed by atoms with Gasteiger partial charge in [0.15, 0.2) is 9.84 Å². The molecule has 0 fully saturated rings. The highest BCUT2D eigenvalue weighted by atomic mass is 32.2. The number of unbranched alkanes of at least 4 members (excludes halogenated alkanes) is 1. The summed E-state index contributed by atoms with van der Waals surface area (Å²) in [6, 6.07) is 6.83. The van der Waals surface area contributed by atoms with Gasteiger partial charge in [-0.25, -0.2) is 8.42 Å². The highest BCUT2D eigenvalue weighted by Gasteiger charge is 2.16. The Balaban J connectivity index is 2.90. The number of methoxy groups -OCH3 is 1. The molecule has 0 aromatic heterocycles. The normalized spacial score (nSPS) is 11.4. The van der Waals surface area contributed by atoms with Gasteiger partial charge in [0, 0.05) is 32.0 Å². The van der Waals surface area contributed by atoms with E-state index in [4.69, 9.17) is 4.74 Å². The molecule has 0 radical (unpaired) electrons. The highest BCUT2D eigenvalue weighted by Crippen LogP contribution is 2.12. The summed E-state index contributed by atoms with van der Waals surface area (Å²) in [6.45, 7) is 3.77. The molecule has 124 valence electrons. The van der Waals surface area contributed by atoms with Crippen LogP contribution in [0.5, 0.6) is 0 Å². The Hall–Kier alpha value is -1.40. The number of nitrogens with zero attached hydrogens (tertiary/aromatic N) is 1. The third-order valence-corrected chi connectivity index (χ3v) is 4.09. The Morgan fingerprint density at radius 2 is 2.00 bits per heavy atom. The Bertz CT molecular complexity index is 576. The molecule has 1 aromatic rings. The van der Waals surface area contributed by atoms with Gasteiger partial charge in [0.05, 0.1) is 12.4 Å². The van der Waals surface area contributed by atoms with Crippen LogP contribution in [0.4, 0.5) is 0 Å². The lowest BCUT2D eigenvalue weighted by molar-refractivity contribution is 0.0693. The lowest BCUT2D eigenvalue weighted by Crippen LogP contribution is -2.34. The molecule has 0 aliphatic heterocycles. The molecular weight excluding hydrogens is 302 g/mol. The molecular formula is C16H25NO4S.